The first-order valence-electron chi connectivity index (χ1n) is 7.68. The third-order valence-corrected chi connectivity index (χ3v) is 6.87. The molecule has 24 heavy (non-hydrogen) atoms. The summed E-state index contributed by atoms with van der Waals surface area (Å²) in [4.78, 5) is 17.8. The van der Waals surface area contributed by atoms with Gasteiger partial charge in [-0.05, 0) is 31.0 Å². The summed E-state index contributed by atoms with van der Waals surface area (Å²) in [6.45, 7) is 4.46. The van der Waals surface area contributed by atoms with E-state index >= 15 is 0 Å². The van der Waals surface area contributed by atoms with Crippen LogP contribution in [-0.2, 0) is 16.3 Å². The van der Waals surface area contributed by atoms with E-state index in [2.05, 4.69) is 15.6 Å². The summed E-state index contributed by atoms with van der Waals surface area (Å²) in [6.07, 6.45) is 2.36. The van der Waals surface area contributed by atoms with Gasteiger partial charge in [-0.15, -0.1) is 11.3 Å². The molecule has 2 N–H and O–H groups in total. The van der Waals surface area contributed by atoms with E-state index in [4.69, 9.17) is 0 Å². The van der Waals surface area contributed by atoms with Gasteiger partial charge in [-0.3, -0.25) is 0 Å². The van der Waals surface area contributed by atoms with Crippen molar-refractivity contribution in [1.82, 2.24) is 10.3 Å². The highest BCUT2D eigenvalue weighted by atomic mass is 32.2. The molecule has 0 bridgehead atoms. The average molecular weight is 365 g/mol. The summed E-state index contributed by atoms with van der Waals surface area (Å²) in [5.41, 5.74) is 1.29. The fourth-order valence-electron chi connectivity index (χ4n) is 2.59. The zero-order chi connectivity index (χ0) is 17.3. The molecule has 6 nitrogen and oxygen atoms in total. The lowest BCUT2D eigenvalue weighted by molar-refractivity contribution is 0.251. The van der Waals surface area contributed by atoms with Gasteiger partial charge in [-0.2, -0.15) is 0 Å². The maximum absolute atomic E-state index is 12.0. The molecule has 3 rings (SSSR count). The van der Waals surface area contributed by atoms with Crippen LogP contribution in [-0.4, -0.2) is 31.7 Å². The molecule has 2 amide bonds. The third kappa shape index (κ3) is 3.59. The second-order valence-electron chi connectivity index (χ2n) is 5.94. The van der Waals surface area contributed by atoms with E-state index in [0.717, 1.165) is 15.4 Å². The third-order valence-electron chi connectivity index (χ3n) is 3.93. The number of amides is 2. The Morgan fingerprint density at radius 3 is 2.92 bits per heavy atom. The van der Waals surface area contributed by atoms with Gasteiger partial charge in [0.1, 0.15) is 0 Å². The molecule has 1 aliphatic rings. The predicted octanol–water partition coefficient (Wildman–Crippen LogP) is 2.71. The maximum Gasteiger partial charge on any atom is 0.319 e. The minimum Gasteiger partial charge on any atom is -0.337 e. The van der Waals surface area contributed by atoms with Crippen molar-refractivity contribution in [3.63, 3.8) is 0 Å². The number of thiazole rings is 1. The molecule has 1 aromatic heterocycles. The Labute approximate surface area is 145 Å². The van der Waals surface area contributed by atoms with Crippen molar-refractivity contribution in [1.29, 1.82) is 0 Å². The maximum atomic E-state index is 12.0. The quantitative estimate of drug-likeness (QED) is 0.872. The number of benzene rings is 1. The highest BCUT2D eigenvalue weighted by Gasteiger charge is 2.26. The van der Waals surface area contributed by atoms with Gasteiger partial charge in [0, 0.05) is 29.2 Å². The molecule has 0 saturated carbocycles. The van der Waals surface area contributed by atoms with Crippen LogP contribution in [0, 0.1) is 6.92 Å². The molecular weight excluding hydrogens is 346 g/mol. The summed E-state index contributed by atoms with van der Waals surface area (Å²) < 4.78 is 23.9. The predicted molar refractivity (Wildman–Crippen MR) is 94.5 cm³/mol. The van der Waals surface area contributed by atoms with Crippen LogP contribution in [0.1, 0.15) is 28.3 Å². The topological polar surface area (TPSA) is 88.2 Å². The molecule has 8 heteroatoms. The summed E-state index contributed by atoms with van der Waals surface area (Å²) >= 11 is 1.62. The van der Waals surface area contributed by atoms with E-state index in [-0.39, 0.29) is 17.7 Å². The summed E-state index contributed by atoms with van der Waals surface area (Å²) in [5, 5.41) is 6.47. The molecule has 2 aromatic rings. The van der Waals surface area contributed by atoms with Gasteiger partial charge in [0.05, 0.1) is 15.7 Å². The Balaban J connectivity index is 1.60. The number of hydrogen-bond acceptors (Lipinski definition) is 5. The lowest BCUT2D eigenvalue weighted by atomic mass is 10.1. The molecule has 2 heterocycles. The SMILES string of the molecule is Cc1cnc(C(C)CNC(=O)Nc2ccc3c(c2)S(=O)(=O)CC3)s1. The monoisotopic (exact) mass is 365 g/mol. The van der Waals surface area contributed by atoms with Gasteiger partial charge < -0.3 is 10.6 Å². The standard InChI is InChI=1S/C16H19N3O3S2/c1-10(15-17-9-11(2)23-15)8-18-16(20)19-13-4-3-12-5-6-24(21,22)14(12)7-13/h3-4,7,9-10H,5-6,8H2,1-2H3,(H2,18,19,20). The molecule has 0 radical (unpaired) electrons. The smallest absolute Gasteiger partial charge is 0.319 e. The Hall–Kier alpha value is -1.93. The largest absolute Gasteiger partial charge is 0.337 e. The van der Waals surface area contributed by atoms with Gasteiger partial charge in [0.15, 0.2) is 9.84 Å². The zero-order valence-corrected chi connectivity index (χ0v) is 15.1. The van der Waals surface area contributed by atoms with Crippen molar-refractivity contribution in [2.45, 2.75) is 31.1 Å². The number of hydrogen-bond donors (Lipinski definition) is 2. The van der Waals surface area contributed by atoms with Crippen LogP contribution in [0.25, 0.3) is 0 Å². The van der Waals surface area contributed by atoms with Crippen molar-refractivity contribution in [3.05, 3.63) is 39.8 Å². The molecule has 0 saturated heterocycles. The van der Waals surface area contributed by atoms with Crippen LogP contribution in [0.15, 0.2) is 29.3 Å². The molecule has 0 spiro atoms. The number of fused-ring (bicyclic) bond motifs is 1. The van der Waals surface area contributed by atoms with Crippen molar-refractivity contribution in [2.75, 3.05) is 17.6 Å². The highest BCUT2D eigenvalue weighted by Crippen LogP contribution is 2.28. The van der Waals surface area contributed by atoms with Crippen LogP contribution < -0.4 is 10.6 Å². The van der Waals surface area contributed by atoms with Crippen molar-refractivity contribution in [2.24, 2.45) is 0 Å². The molecule has 1 aromatic carbocycles. The number of carbonyl (C=O) groups excluding carboxylic acids is 1. The zero-order valence-electron chi connectivity index (χ0n) is 13.5. The first-order chi connectivity index (χ1) is 11.3. The number of carbonyl (C=O) groups is 1. The lowest BCUT2D eigenvalue weighted by Crippen LogP contribution is -2.31. The van der Waals surface area contributed by atoms with Crippen molar-refractivity contribution >= 4 is 32.9 Å². The Bertz CT molecular complexity index is 874. The van der Waals surface area contributed by atoms with E-state index in [9.17, 15) is 13.2 Å². The lowest BCUT2D eigenvalue weighted by Gasteiger charge is -2.12. The number of nitrogens with zero attached hydrogens (tertiary/aromatic N) is 1. The number of urea groups is 1. The van der Waals surface area contributed by atoms with Gasteiger partial charge in [-0.25, -0.2) is 18.2 Å². The highest BCUT2D eigenvalue weighted by molar-refractivity contribution is 7.91. The molecule has 1 unspecified atom stereocenters. The van der Waals surface area contributed by atoms with Crippen LogP contribution in [0.5, 0.6) is 0 Å². The van der Waals surface area contributed by atoms with E-state index in [1.54, 1.807) is 23.5 Å². The van der Waals surface area contributed by atoms with Gasteiger partial charge >= 0.3 is 6.03 Å². The molecule has 0 aliphatic carbocycles. The fourth-order valence-corrected chi connectivity index (χ4v) is 5.00. The molecule has 128 valence electrons. The van der Waals surface area contributed by atoms with E-state index in [0.29, 0.717) is 23.5 Å². The second kappa shape index (κ2) is 6.52. The normalized spacial score (nSPS) is 16.4. The summed E-state index contributed by atoms with van der Waals surface area (Å²) in [6, 6.07) is 4.67. The number of aromatic nitrogens is 1. The molecule has 1 aliphatic heterocycles. The second-order valence-corrected chi connectivity index (χ2v) is 9.28. The Kier molecular flexibility index (Phi) is 4.60. The van der Waals surface area contributed by atoms with Crippen molar-refractivity contribution in [3.8, 4) is 0 Å². The molecular formula is C16H19N3O3S2. The minimum absolute atomic E-state index is 0.120. The fraction of sp³-hybridized carbons (Fsp3) is 0.375. The number of nitrogens with one attached hydrogen (secondary N) is 2. The van der Waals surface area contributed by atoms with E-state index in [1.807, 2.05) is 20.0 Å². The number of anilines is 1. The number of aryl methyl sites for hydroxylation is 2. The number of rotatable bonds is 4. The van der Waals surface area contributed by atoms with Crippen LogP contribution >= 0.6 is 11.3 Å². The van der Waals surface area contributed by atoms with Gasteiger partial charge in [-0.1, -0.05) is 13.0 Å². The van der Waals surface area contributed by atoms with Crippen LogP contribution in [0.3, 0.4) is 0 Å². The minimum atomic E-state index is -3.20. The number of sulfone groups is 1. The van der Waals surface area contributed by atoms with Gasteiger partial charge in [0.25, 0.3) is 0 Å². The molecule has 0 fully saturated rings. The van der Waals surface area contributed by atoms with Crippen LogP contribution in [0.2, 0.25) is 0 Å². The summed E-state index contributed by atoms with van der Waals surface area (Å²) in [7, 11) is -3.20. The van der Waals surface area contributed by atoms with Crippen LogP contribution in [0.4, 0.5) is 10.5 Å². The Morgan fingerprint density at radius 2 is 2.21 bits per heavy atom. The van der Waals surface area contributed by atoms with Gasteiger partial charge in [0.2, 0.25) is 0 Å². The molecule has 1 atom stereocenters. The van der Waals surface area contributed by atoms with E-state index in [1.165, 1.54) is 6.07 Å². The Morgan fingerprint density at radius 1 is 1.42 bits per heavy atom. The van der Waals surface area contributed by atoms with Crippen molar-refractivity contribution < 1.29 is 13.2 Å². The average Bonchev–Trinajstić information content (AvgIpc) is 3.09. The van der Waals surface area contributed by atoms with E-state index < -0.39 is 9.84 Å². The first kappa shape index (κ1) is 16.9. The summed E-state index contributed by atoms with van der Waals surface area (Å²) in [5.74, 6) is 0.262. The first-order valence-corrected chi connectivity index (χ1v) is 10.1.